The summed E-state index contributed by atoms with van der Waals surface area (Å²) >= 11 is 10.00. The van der Waals surface area contributed by atoms with Crippen molar-refractivity contribution < 1.29 is 58.5 Å². The zero-order valence-electron chi connectivity index (χ0n) is 80.5. The normalized spacial score (nSPS) is 14.6. The van der Waals surface area contributed by atoms with Gasteiger partial charge in [-0.2, -0.15) is 59.8 Å². The molecule has 12 heterocycles. The fraction of sp³-hybridized carbons (Fsp3) is 0.366. The number of nitrogens with one attached hydrogen (secondary N) is 4. The third kappa shape index (κ3) is 24.6. The molecular weight excluding hydrogens is 1960 g/mol. The van der Waals surface area contributed by atoms with Gasteiger partial charge in [-0.15, -0.1) is 0 Å². The van der Waals surface area contributed by atoms with E-state index in [0.29, 0.717) is 215 Å². The van der Waals surface area contributed by atoms with E-state index in [-0.39, 0.29) is 41.5 Å². The number of halogens is 11. The minimum atomic E-state index is -2.84. The second-order valence-corrected chi connectivity index (χ2v) is 38.5. The predicted octanol–water partition coefficient (Wildman–Crippen LogP) is 19.5. The Bertz CT molecular complexity index is 6320. The topological polar surface area (TPSA) is 324 Å². The molecule has 20 rings (SSSR count). The van der Waals surface area contributed by atoms with Crippen LogP contribution in [-0.4, -0.2) is 225 Å². The maximum absolute atomic E-state index is 14.3. The molecule has 4 aliphatic heterocycles. The molecule has 4 N–H and O–H groups in total. The summed E-state index contributed by atoms with van der Waals surface area (Å²) in [7, 11) is 0. The second-order valence-electron chi connectivity index (χ2n) is 37.3. The fourth-order valence-corrected chi connectivity index (χ4v) is 17.9. The van der Waals surface area contributed by atoms with E-state index in [4.69, 9.17) is 30.5 Å². The summed E-state index contributed by atoms with van der Waals surface area (Å²) in [5.74, 6) is 0.943. The van der Waals surface area contributed by atoms with E-state index in [1.807, 2.05) is 116 Å². The van der Waals surface area contributed by atoms with Crippen LogP contribution in [0.15, 0.2) is 199 Å². The third-order valence-corrected chi connectivity index (χ3v) is 25.2. The van der Waals surface area contributed by atoms with Crippen molar-refractivity contribution in [2.75, 3.05) is 146 Å². The Morgan fingerprint density at radius 2 is 0.528 bits per heavy atom. The number of hydrogen-bond acceptors (Lipinski definition) is 28. The van der Waals surface area contributed by atoms with E-state index in [2.05, 4.69) is 156 Å². The van der Waals surface area contributed by atoms with Gasteiger partial charge in [0.1, 0.15) is 5.82 Å². The highest BCUT2D eigenvalue weighted by atomic mass is 79.9. The van der Waals surface area contributed by atoms with Crippen molar-refractivity contribution in [3.8, 4) is 23.8 Å². The predicted molar refractivity (Wildman–Crippen MR) is 539 cm³/mol. The highest BCUT2D eigenvalue weighted by Crippen LogP contribution is 2.37. The molecule has 752 valence electrons. The number of ether oxygens (including phenoxy) is 4. The van der Waals surface area contributed by atoms with Crippen molar-refractivity contribution in [3.05, 3.63) is 261 Å². The van der Waals surface area contributed by atoms with Gasteiger partial charge in [-0.05, 0) is 183 Å². The van der Waals surface area contributed by atoms with Crippen molar-refractivity contribution in [2.45, 2.75) is 136 Å². The number of nitrogens with zero attached hydrogens (tertiary/aromatic N) is 24. The third-order valence-electron chi connectivity index (χ3n) is 24.0. The van der Waals surface area contributed by atoms with Gasteiger partial charge in [-0.25, -0.2) is 59.4 Å². The lowest BCUT2D eigenvalue weighted by Gasteiger charge is -2.30. The average Bonchev–Trinajstić information content (AvgIpc) is 1.61. The van der Waals surface area contributed by atoms with E-state index < -0.39 is 71.2 Å². The highest BCUT2D eigenvalue weighted by molar-refractivity contribution is 9.10. The lowest BCUT2D eigenvalue weighted by Crippen LogP contribution is -2.39. The molecule has 4 aliphatic rings. The molecule has 0 unspecified atom stereocenters. The molecule has 0 saturated carbocycles. The van der Waals surface area contributed by atoms with Gasteiger partial charge >= 0.3 is 0 Å². The lowest BCUT2D eigenvalue weighted by atomic mass is 9.92. The van der Waals surface area contributed by atoms with Crippen LogP contribution in [0.25, 0.3) is 67.9 Å². The summed E-state index contributed by atoms with van der Waals surface area (Å²) in [6, 6.07) is 58.2. The van der Waals surface area contributed by atoms with Gasteiger partial charge in [0.2, 0.25) is 71.4 Å². The summed E-state index contributed by atoms with van der Waals surface area (Å²) in [4.78, 5) is 79.7. The molecule has 0 amide bonds. The first kappa shape index (κ1) is 102. The van der Waals surface area contributed by atoms with Crippen LogP contribution in [0.1, 0.15) is 132 Å². The maximum Gasteiger partial charge on any atom is 0.296 e. The minimum Gasteiger partial charge on any atom is -0.378 e. The number of aromatic nitrogens is 20. The SMILES string of the molecule is CC(C)(Cc1ccccc1Br)Nc1nc(N2CCOCC2)nc(-n2c(C(F)F)nc3ccccc32)n1.CC(C)(Cc1ccccc1Cl)Nc1nc(N2CCOCC2)nc(-n2c(C(F)F)nc3ccccc32)n1.CC(C)(Cc1ccccc1F)Nc1nc(N2CCOCC2)nc(-n2c(C(F)F)nc3ccccc32)n1.Cc1ccccc1CC(C)(C)Nc1nc(N2CCOCC2)nc(-n2c(C(F)F)nc3ccccc32)n1. The Balaban J connectivity index is 0.000000132. The van der Waals surface area contributed by atoms with E-state index in [0.717, 1.165) is 22.0 Å². The van der Waals surface area contributed by atoms with Crippen molar-refractivity contribution in [3.63, 3.8) is 0 Å². The Kier molecular flexibility index (Phi) is 31.4. The van der Waals surface area contributed by atoms with E-state index >= 15 is 0 Å². The molecule has 16 aromatic rings. The Morgan fingerprint density at radius 1 is 0.292 bits per heavy atom. The molecule has 4 fully saturated rings. The van der Waals surface area contributed by atoms with Crippen molar-refractivity contribution in [2.24, 2.45) is 0 Å². The van der Waals surface area contributed by atoms with Crippen LogP contribution in [0.3, 0.4) is 0 Å². The van der Waals surface area contributed by atoms with Gasteiger partial charge in [-0.3, -0.25) is 18.3 Å². The van der Waals surface area contributed by atoms with Crippen LogP contribution in [-0.2, 0) is 44.6 Å². The van der Waals surface area contributed by atoms with Gasteiger partial charge in [0.05, 0.1) is 97.0 Å². The maximum atomic E-state index is 14.3. The van der Waals surface area contributed by atoms with Crippen LogP contribution in [0.2, 0.25) is 5.02 Å². The molecule has 8 aromatic heterocycles. The lowest BCUT2D eigenvalue weighted by molar-refractivity contribution is 0.122. The fourth-order valence-electron chi connectivity index (χ4n) is 17.3. The first-order valence-corrected chi connectivity index (χ1v) is 48.2. The molecule has 144 heavy (non-hydrogen) atoms. The Morgan fingerprint density at radius 3 is 0.819 bits per heavy atom. The van der Waals surface area contributed by atoms with Gasteiger partial charge in [0, 0.05) is 84.0 Å². The molecular formula is C101H107BrClF9N28O4. The number of anilines is 8. The summed E-state index contributed by atoms with van der Waals surface area (Å²) in [5, 5.41) is 14.1. The standard InChI is InChI=1S/C26H29F2N7O.C25H26BrF2N7O.C25H26ClF2N7O.C25H26F3N7O/c1-17-8-4-5-9-18(17)16-26(2,3)33-23-30-24(34-12-14-36-15-13-34)32-25(31-23)35-20-11-7-6-10-19(20)29-22(35)21(27)28;3*1-25(2,15-16-7-3-4-8-17(16)26)33-22-30-23(34-11-13-36-14-12-34)32-24(31-22)35-19-10-6-5-9-18(19)29-21(35)20(27)28/h4-11,21H,12-16H2,1-3H3,(H,30,31,32,33);3*3-10,20H,11-15H2,1-2H3,(H,30,31,32,33). The summed E-state index contributed by atoms with van der Waals surface area (Å²) < 4.78 is 155. The molecule has 32 nitrogen and oxygen atoms in total. The molecule has 8 aromatic carbocycles. The number of hydrogen-bond donors (Lipinski definition) is 4. The van der Waals surface area contributed by atoms with Crippen LogP contribution < -0.4 is 40.9 Å². The van der Waals surface area contributed by atoms with E-state index in [9.17, 15) is 39.5 Å². The zero-order valence-corrected chi connectivity index (χ0v) is 82.8. The molecule has 43 heteroatoms. The van der Waals surface area contributed by atoms with Crippen molar-refractivity contribution in [1.29, 1.82) is 0 Å². The van der Waals surface area contributed by atoms with Crippen molar-refractivity contribution >= 4 is 119 Å². The summed E-state index contributed by atoms with van der Waals surface area (Å²) in [5.41, 5.74) is 6.73. The zero-order chi connectivity index (χ0) is 101. The highest BCUT2D eigenvalue weighted by Gasteiger charge is 2.35. The number of para-hydroxylation sites is 8. The number of rotatable bonds is 28. The van der Waals surface area contributed by atoms with Gasteiger partial charge < -0.3 is 59.8 Å². The van der Waals surface area contributed by atoms with E-state index in [1.165, 1.54) is 35.5 Å². The van der Waals surface area contributed by atoms with Crippen molar-refractivity contribution in [1.82, 2.24) is 98.0 Å². The van der Waals surface area contributed by atoms with Crippen LogP contribution >= 0.6 is 27.5 Å². The first-order chi connectivity index (χ1) is 69.2. The summed E-state index contributed by atoms with van der Waals surface area (Å²) in [6.45, 7) is 26.9. The smallest absolute Gasteiger partial charge is 0.296 e. The number of alkyl halides is 8. The molecule has 0 radical (unpaired) electrons. The van der Waals surface area contributed by atoms with Crippen LogP contribution in [0.4, 0.5) is 87.1 Å². The van der Waals surface area contributed by atoms with Crippen LogP contribution in [0.5, 0.6) is 0 Å². The number of benzene rings is 8. The Labute approximate surface area is 837 Å². The average molecular weight is 2060 g/mol. The largest absolute Gasteiger partial charge is 0.378 e. The summed E-state index contributed by atoms with van der Waals surface area (Å²) in [6.07, 6.45) is -8.90. The molecule has 0 aliphatic carbocycles. The second kappa shape index (κ2) is 44.5. The van der Waals surface area contributed by atoms with Gasteiger partial charge in [0.15, 0.2) is 23.3 Å². The van der Waals surface area contributed by atoms with Crippen LogP contribution in [0, 0.1) is 12.7 Å². The van der Waals surface area contributed by atoms with Gasteiger partial charge in [-0.1, -0.05) is 155 Å². The first-order valence-electron chi connectivity index (χ1n) is 47.0. The number of imidazole rings is 4. The molecule has 0 spiro atoms. The quantitative estimate of drug-likeness (QED) is 0.0331. The number of morpholine rings is 4. The minimum absolute atomic E-state index is 0.0275. The molecule has 0 bridgehead atoms. The van der Waals surface area contributed by atoms with Gasteiger partial charge in [0.25, 0.3) is 25.7 Å². The monoisotopic (exact) mass is 2060 g/mol. The van der Waals surface area contributed by atoms with E-state index in [1.54, 1.807) is 115 Å². The molecule has 4 saturated heterocycles. The molecule has 0 atom stereocenters. The number of fused-ring (bicyclic) bond motifs is 4. The number of aryl methyl sites for hydroxylation is 1. The Hall–Kier alpha value is -13.9.